The molecule has 4 nitrogen and oxygen atoms in total. The molecule has 19 heavy (non-hydrogen) atoms. The molecule has 0 aliphatic heterocycles. The molecule has 0 radical (unpaired) electrons. The molecule has 1 aromatic carbocycles. The lowest BCUT2D eigenvalue weighted by molar-refractivity contribution is 0.0938. The minimum absolute atomic E-state index is 0.0103. The van der Waals surface area contributed by atoms with Gasteiger partial charge in [-0.2, -0.15) is 0 Å². The van der Waals surface area contributed by atoms with Gasteiger partial charge in [-0.1, -0.05) is 12.1 Å². The van der Waals surface area contributed by atoms with Gasteiger partial charge in [-0.15, -0.1) is 0 Å². The predicted molar refractivity (Wildman–Crippen MR) is 77.0 cm³/mol. The molecule has 0 amide bonds. The summed E-state index contributed by atoms with van der Waals surface area (Å²) in [5.41, 5.74) is 1.78. The highest BCUT2D eigenvalue weighted by atomic mass is 16.5. The molecular weight excluding hydrogens is 240 g/mol. The van der Waals surface area contributed by atoms with Crippen molar-refractivity contribution in [3.8, 4) is 5.75 Å². The van der Waals surface area contributed by atoms with E-state index in [0.717, 1.165) is 28.9 Å². The van der Waals surface area contributed by atoms with Crippen molar-refractivity contribution in [2.75, 3.05) is 27.2 Å². The third-order valence-electron chi connectivity index (χ3n) is 3.15. The van der Waals surface area contributed by atoms with Crippen molar-refractivity contribution in [1.29, 1.82) is 0 Å². The molecule has 2 rings (SSSR count). The highest BCUT2D eigenvalue weighted by Crippen LogP contribution is 2.32. The zero-order chi connectivity index (χ0) is 14.0. The molecule has 2 aromatic rings. The Labute approximate surface area is 113 Å². The Kier molecular flexibility index (Phi) is 3.90. The van der Waals surface area contributed by atoms with Crippen molar-refractivity contribution < 1.29 is 9.53 Å². The van der Waals surface area contributed by atoms with Crippen LogP contribution in [-0.4, -0.2) is 42.6 Å². The van der Waals surface area contributed by atoms with Crippen LogP contribution in [-0.2, 0) is 0 Å². The number of ether oxygens (including phenoxy) is 1. The van der Waals surface area contributed by atoms with Gasteiger partial charge in [0.25, 0.3) is 0 Å². The number of likely N-dealkylation sites (N-methyl/N-ethyl adjacent to an activating group) is 1. The van der Waals surface area contributed by atoms with Gasteiger partial charge in [-0.25, -0.2) is 0 Å². The molecule has 102 valence electrons. The Balaban J connectivity index is 2.42. The second-order valence-electron chi connectivity index (χ2n) is 4.94. The largest absolute Gasteiger partial charge is 0.490 e. The topological polar surface area (TPSA) is 34.5 Å². The van der Waals surface area contributed by atoms with E-state index in [1.165, 1.54) is 0 Å². The van der Waals surface area contributed by atoms with Gasteiger partial charge in [-0.3, -0.25) is 9.36 Å². The molecule has 1 heterocycles. The fourth-order valence-corrected chi connectivity index (χ4v) is 2.26. The number of carbonyl (C=O) groups excluding carboxylic acids is 1. The summed E-state index contributed by atoms with van der Waals surface area (Å²) < 4.78 is 7.59. The summed E-state index contributed by atoms with van der Waals surface area (Å²) in [7, 11) is 4.02. The smallest absolute Gasteiger partial charge is 0.228 e. The number of para-hydroxylation sites is 1. The van der Waals surface area contributed by atoms with E-state index in [-0.39, 0.29) is 5.91 Å². The summed E-state index contributed by atoms with van der Waals surface area (Å²) in [6.45, 7) is 4.95. The van der Waals surface area contributed by atoms with Crippen LogP contribution in [0.1, 0.15) is 17.4 Å². The average Bonchev–Trinajstić information content (AvgIpc) is 2.62. The van der Waals surface area contributed by atoms with Crippen LogP contribution in [0.15, 0.2) is 24.3 Å². The van der Waals surface area contributed by atoms with E-state index >= 15 is 0 Å². The number of aromatic nitrogens is 1. The first-order chi connectivity index (χ1) is 9.02. The molecular formula is C15H20N2O2. The molecule has 1 aromatic heterocycles. The lowest BCUT2D eigenvalue weighted by Crippen LogP contribution is -2.19. The summed E-state index contributed by atoms with van der Waals surface area (Å²) in [5.74, 6) is 0.823. The number of hydrogen-bond acceptors (Lipinski definition) is 3. The van der Waals surface area contributed by atoms with Crippen LogP contribution >= 0.6 is 0 Å². The van der Waals surface area contributed by atoms with Gasteiger partial charge >= 0.3 is 0 Å². The second kappa shape index (κ2) is 5.45. The zero-order valence-corrected chi connectivity index (χ0v) is 11.9. The number of benzene rings is 1. The summed E-state index contributed by atoms with van der Waals surface area (Å²) in [5, 5.41) is 0.994. The Morgan fingerprint density at radius 2 is 2.00 bits per heavy atom. The molecule has 0 saturated carbocycles. The molecule has 0 aliphatic carbocycles. The Bertz CT molecular complexity index is 599. The first-order valence-electron chi connectivity index (χ1n) is 6.41. The number of fused-ring (bicyclic) bond motifs is 1. The lowest BCUT2D eigenvalue weighted by atomic mass is 10.2. The standard InChI is InChI=1S/C15H20N2O2/c1-11-15(19-10-9-16(3)4)13-7-5-6-8-14(13)17(11)12(2)18/h5-8H,9-10H2,1-4H3. The minimum Gasteiger partial charge on any atom is -0.490 e. The molecule has 0 unspecified atom stereocenters. The van der Waals surface area contributed by atoms with Gasteiger partial charge in [-0.05, 0) is 33.2 Å². The Hall–Kier alpha value is -1.81. The molecule has 0 spiro atoms. The monoisotopic (exact) mass is 260 g/mol. The molecule has 0 atom stereocenters. The second-order valence-corrected chi connectivity index (χ2v) is 4.94. The number of hydrogen-bond donors (Lipinski definition) is 0. The third kappa shape index (κ3) is 2.63. The first kappa shape index (κ1) is 13.6. The SMILES string of the molecule is CC(=O)n1c(C)c(OCCN(C)C)c2ccccc21. The van der Waals surface area contributed by atoms with Gasteiger partial charge in [0.2, 0.25) is 5.91 Å². The van der Waals surface area contributed by atoms with Crippen LogP contribution in [0, 0.1) is 6.92 Å². The molecule has 0 saturated heterocycles. The van der Waals surface area contributed by atoms with Gasteiger partial charge in [0.05, 0.1) is 11.2 Å². The van der Waals surface area contributed by atoms with E-state index in [0.29, 0.717) is 6.61 Å². The van der Waals surface area contributed by atoms with Crippen molar-refractivity contribution in [3.05, 3.63) is 30.0 Å². The number of rotatable bonds is 4. The van der Waals surface area contributed by atoms with Crippen molar-refractivity contribution in [2.45, 2.75) is 13.8 Å². The van der Waals surface area contributed by atoms with Gasteiger partial charge < -0.3 is 9.64 Å². The number of nitrogens with zero attached hydrogens (tertiary/aromatic N) is 2. The molecule has 0 N–H and O–H groups in total. The van der Waals surface area contributed by atoms with Crippen molar-refractivity contribution in [1.82, 2.24) is 9.47 Å². The fraction of sp³-hybridized carbons (Fsp3) is 0.400. The third-order valence-corrected chi connectivity index (χ3v) is 3.15. The maximum Gasteiger partial charge on any atom is 0.228 e. The molecule has 4 heteroatoms. The number of carbonyl (C=O) groups is 1. The van der Waals surface area contributed by atoms with Crippen LogP contribution < -0.4 is 4.74 Å². The Morgan fingerprint density at radius 1 is 1.32 bits per heavy atom. The van der Waals surface area contributed by atoms with Crippen LogP contribution in [0.3, 0.4) is 0 Å². The van der Waals surface area contributed by atoms with E-state index in [1.807, 2.05) is 45.3 Å². The van der Waals surface area contributed by atoms with Crippen LogP contribution in [0.4, 0.5) is 0 Å². The van der Waals surface area contributed by atoms with Gasteiger partial charge in [0, 0.05) is 18.9 Å². The van der Waals surface area contributed by atoms with E-state index in [9.17, 15) is 4.79 Å². The van der Waals surface area contributed by atoms with E-state index < -0.39 is 0 Å². The van der Waals surface area contributed by atoms with Gasteiger partial charge in [0.15, 0.2) is 0 Å². The van der Waals surface area contributed by atoms with Crippen molar-refractivity contribution >= 4 is 16.8 Å². The lowest BCUT2D eigenvalue weighted by Gasteiger charge is -2.11. The van der Waals surface area contributed by atoms with E-state index in [1.54, 1.807) is 11.5 Å². The predicted octanol–water partition coefficient (Wildman–Crippen LogP) is 2.55. The zero-order valence-electron chi connectivity index (χ0n) is 11.9. The van der Waals surface area contributed by atoms with Crippen molar-refractivity contribution in [3.63, 3.8) is 0 Å². The van der Waals surface area contributed by atoms with Crippen LogP contribution in [0.2, 0.25) is 0 Å². The van der Waals surface area contributed by atoms with Crippen LogP contribution in [0.25, 0.3) is 10.9 Å². The summed E-state index contributed by atoms with van der Waals surface area (Å²) >= 11 is 0. The Morgan fingerprint density at radius 3 is 2.63 bits per heavy atom. The first-order valence-corrected chi connectivity index (χ1v) is 6.41. The highest BCUT2D eigenvalue weighted by molar-refractivity contribution is 5.97. The maximum absolute atomic E-state index is 11.8. The van der Waals surface area contributed by atoms with E-state index in [4.69, 9.17) is 4.74 Å². The average molecular weight is 260 g/mol. The normalized spacial score (nSPS) is 11.2. The van der Waals surface area contributed by atoms with Crippen molar-refractivity contribution in [2.24, 2.45) is 0 Å². The summed E-state index contributed by atoms with van der Waals surface area (Å²) in [6, 6.07) is 7.84. The minimum atomic E-state index is 0.0103. The summed E-state index contributed by atoms with van der Waals surface area (Å²) in [6.07, 6.45) is 0. The van der Waals surface area contributed by atoms with Crippen LogP contribution in [0.5, 0.6) is 5.75 Å². The van der Waals surface area contributed by atoms with Gasteiger partial charge in [0.1, 0.15) is 12.4 Å². The molecule has 0 aliphatic rings. The van der Waals surface area contributed by atoms with E-state index in [2.05, 4.69) is 4.90 Å². The maximum atomic E-state index is 11.8. The quantitative estimate of drug-likeness (QED) is 0.847. The fourth-order valence-electron chi connectivity index (χ4n) is 2.26. The summed E-state index contributed by atoms with van der Waals surface area (Å²) in [4.78, 5) is 13.8. The molecule has 0 fully saturated rings. The molecule has 0 bridgehead atoms. The highest BCUT2D eigenvalue weighted by Gasteiger charge is 2.17.